The first-order valence-corrected chi connectivity index (χ1v) is 9.06. The van der Waals surface area contributed by atoms with E-state index < -0.39 is 10.0 Å². The van der Waals surface area contributed by atoms with Crippen LogP contribution in [0.3, 0.4) is 0 Å². The van der Waals surface area contributed by atoms with Gasteiger partial charge in [-0.25, -0.2) is 8.42 Å². The van der Waals surface area contributed by atoms with Crippen molar-refractivity contribution in [2.75, 3.05) is 32.9 Å². The molecule has 0 bridgehead atoms. The Balaban J connectivity index is 2.02. The van der Waals surface area contributed by atoms with Crippen LogP contribution in [0.1, 0.15) is 19.8 Å². The molecule has 1 heterocycles. The van der Waals surface area contributed by atoms with E-state index in [2.05, 4.69) is 0 Å². The van der Waals surface area contributed by atoms with Gasteiger partial charge in [-0.2, -0.15) is 4.31 Å². The molecule has 7 heteroatoms. The van der Waals surface area contributed by atoms with Crippen molar-refractivity contribution in [3.05, 3.63) is 24.3 Å². The molecule has 0 aliphatic carbocycles. The summed E-state index contributed by atoms with van der Waals surface area (Å²) in [5.41, 5.74) is 5.66. The van der Waals surface area contributed by atoms with Crippen molar-refractivity contribution in [1.29, 1.82) is 0 Å². The van der Waals surface area contributed by atoms with Crippen LogP contribution >= 0.6 is 0 Å². The van der Waals surface area contributed by atoms with Crippen molar-refractivity contribution in [2.45, 2.75) is 30.7 Å². The largest absolute Gasteiger partial charge is 0.491 e. The minimum atomic E-state index is -3.47. The van der Waals surface area contributed by atoms with E-state index in [9.17, 15) is 8.42 Å². The van der Waals surface area contributed by atoms with E-state index in [0.29, 0.717) is 38.7 Å². The summed E-state index contributed by atoms with van der Waals surface area (Å²) in [6.45, 7) is 4.43. The van der Waals surface area contributed by atoms with Gasteiger partial charge in [-0.15, -0.1) is 0 Å². The van der Waals surface area contributed by atoms with Gasteiger partial charge >= 0.3 is 0 Å². The maximum absolute atomic E-state index is 12.6. The topological polar surface area (TPSA) is 81.9 Å². The molecule has 0 aromatic heterocycles. The summed E-state index contributed by atoms with van der Waals surface area (Å²) >= 11 is 0. The lowest BCUT2D eigenvalue weighted by Gasteiger charge is -2.22. The minimum absolute atomic E-state index is 0.0906. The highest BCUT2D eigenvalue weighted by Crippen LogP contribution is 2.26. The third-order valence-corrected chi connectivity index (χ3v) is 5.69. The number of benzene rings is 1. The number of ether oxygens (including phenoxy) is 2. The van der Waals surface area contributed by atoms with Crippen LogP contribution < -0.4 is 10.5 Å². The highest BCUT2D eigenvalue weighted by Gasteiger charge is 2.34. The van der Waals surface area contributed by atoms with E-state index in [0.717, 1.165) is 12.8 Å². The van der Waals surface area contributed by atoms with E-state index in [-0.39, 0.29) is 10.9 Å². The van der Waals surface area contributed by atoms with Gasteiger partial charge in [-0.3, -0.25) is 0 Å². The predicted molar refractivity (Wildman–Crippen MR) is 84.4 cm³/mol. The summed E-state index contributed by atoms with van der Waals surface area (Å²) in [5, 5.41) is 0. The molecule has 2 N–H and O–H groups in total. The number of nitrogens with two attached hydrogens (primary N) is 1. The zero-order valence-corrected chi connectivity index (χ0v) is 13.7. The minimum Gasteiger partial charge on any atom is -0.491 e. The SMILES string of the molecule is CCOCCOc1ccc(S(=O)(=O)N2CCCC2CN)cc1. The van der Waals surface area contributed by atoms with Gasteiger partial charge in [0.1, 0.15) is 12.4 Å². The Kier molecular flexibility index (Phi) is 6.19. The summed E-state index contributed by atoms with van der Waals surface area (Å²) in [7, 11) is -3.47. The summed E-state index contributed by atoms with van der Waals surface area (Å²) in [6.07, 6.45) is 1.69. The highest BCUT2D eigenvalue weighted by molar-refractivity contribution is 7.89. The van der Waals surface area contributed by atoms with Gasteiger partial charge in [0.25, 0.3) is 0 Å². The van der Waals surface area contributed by atoms with Gasteiger partial charge in [0.05, 0.1) is 11.5 Å². The monoisotopic (exact) mass is 328 g/mol. The molecule has 2 rings (SSSR count). The molecular weight excluding hydrogens is 304 g/mol. The second-order valence-corrected chi connectivity index (χ2v) is 7.05. The van der Waals surface area contributed by atoms with Crippen molar-refractivity contribution < 1.29 is 17.9 Å². The number of rotatable bonds is 8. The van der Waals surface area contributed by atoms with Crippen LogP contribution in [-0.2, 0) is 14.8 Å². The van der Waals surface area contributed by atoms with Gasteiger partial charge in [-0.1, -0.05) is 0 Å². The van der Waals surface area contributed by atoms with Crippen LogP contribution in [0.4, 0.5) is 0 Å². The molecule has 1 saturated heterocycles. The first-order valence-electron chi connectivity index (χ1n) is 7.62. The Bertz CT molecular complexity index is 559. The summed E-state index contributed by atoms with van der Waals surface area (Å²) in [4.78, 5) is 0.282. The van der Waals surface area contributed by atoms with E-state index >= 15 is 0 Å². The number of sulfonamides is 1. The molecular formula is C15H24N2O4S. The molecule has 1 aliphatic heterocycles. The quantitative estimate of drug-likeness (QED) is 0.726. The van der Waals surface area contributed by atoms with E-state index in [1.807, 2.05) is 6.92 Å². The van der Waals surface area contributed by atoms with Crippen molar-refractivity contribution in [3.8, 4) is 5.75 Å². The maximum atomic E-state index is 12.6. The van der Waals surface area contributed by atoms with Crippen LogP contribution in [0.15, 0.2) is 29.2 Å². The molecule has 0 saturated carbocycles. The van der Waals surface area contributed by atoms with E-state index in [1.165, 1.54) is 4.31 Å². The number of hydrogen-bond donors (Lipinski definition) is 1. The third-order valence-electron chi connectivity index (χ3n) is 3.73. The Morgan fingerprint density at radius 2 is 2.00 bits per heavy atom. The molecule has 1 aromatic carbocycles. The molecule has 124 valence electrons. The predicted octanol–water partition coefficient (Wildman–Crippen LogP) is 1.21. The second kappa shape index (κ2) is 7.92. The first kappa shape index (κ1) is 17.2. The molecule has 1 fully saturated rings. The molecule has 1 atom stereocenters. The van der Waals surface area contributed by atoms with Gasteiger partial charge in [0.15, 0.2) is 0 Å². The fourth-order valence-electron chi connectivity index (χ4n) is 2.57. The summed E-state index contributed by atoms with van der Waals surface area (Å²) < 4.78 is 37.4. The summed E-state index contributed by atoms with van der Waals surface area (Å²) in [6, 6.07) is 6.42. The molecule has 0 spiro atoms. The van der Waals surface area contributed by atoms with Gasteiger partial charge in [0, 0.05) is 25.7 Å². The zero-order valence-electron chi connectivity index (χ0n) is 12.9. The molecule has 0 amide bonds. The Morgan fingerprint density at radius 1 is 1.27 bits per heavy atom. The summed E-state index contributed by atoms with van der Waals surface area (Å²) in [5.74, 6) is 0.635. The van der Waals surface area contributed by atoms with Gasteiger partial charge < -0.3 is 15.2 Å². The molecule has 1 unspecified atom stereocenters. The zero-order chi connectivity index (χ0) is 16.0. The molecule has 1 aliphatic rings. The smallest absolute Gasteiger partial charge is 0.243 e. The van der Waals surface area contributed by atoms with Crippen molar-refractivity contribution in [2.24, 2.45) is 5.73 Å². The normalized spacial score (nSPS) is 19.5. The maximum Gasteiger partial charge on any atom is 0.243 e. The van der Waals surface area contributed by atoms with Crippen molar-refractivity contribution >= 4 is 10.0 Å². The molecule has 1 aromatic rings. The van der Waals surface area contributed by atoms with Crippen molar-refractivity contribution in [3.63, 3.8) is 0 Å². The molecule has 6 nitrogen and oxygen atoms in total. The highest BCUT2D eigenvalue weighted by atomic mass is 32.2. The first-order chi connectivity index (χ1) is 10.6. The van der Waals surface area contributed by atoms with Crippen LogP contribution in [0.5, 0.6) is 5.75 Å². The third kappa shape index (κ3) is 3.98. The average Bonchev–Trinajstić information content (AvgIpc) is 3.01. The molecule has 22 heavy (non-hydrogen) atoms. The Hall–Kier alpha value is -1.15. The average molecular weight is 328 g/mol. The Morgan fingerprint density at radius 3 is 2.64 bits per heavy atom. The van der Waals surface area contributed by atoms with Crippen LogP contribution in [0.2, 0.25) is 0 Å². The lowest BCUT2D eigenvalue weighted by Crippen LogP contribution is -2.39. The lowest BCUT2D eigenvalue weighted by molar-refractivity contribution is 0.110. The number of hydrogen-bond acceptors (Lipinski definition) is 5. The lowest BCUT2D eigenvalue weighted by atomic mass is 10.2. The van der Waals surface area contributed by atoms with E-state index in [1.54, 1.807) is 24.3 Å². The van der Waals surface area contributed by atoms with Crippen LogP contribution in [0, 0.1) is 0 Å². The second-order valence-electron chi connectivity index (χ2n) is 5.16. The van der Waals surface area contributed by atoms with Crippen molar-refractivity contribution in [1.82, 2.24) is 4.31 Å². The van der Waals surface area contributed by atoms with Gasteiger partial charge in [0.2, 0.25) is 10.0 Å². The van der Waals surface area contributed by atoms with Crippen LogP contribution in [0.25, 0.3) is 0 Å². The van der Waals surface area contributed by atoms with Gasteiger partial charge in [-0.05, 0) is 44.0 Å². The number of nitrogens with zero attached hydrogens (tertiary/aromatic N) is 1. The fourth-order valence-corrected chi connectivity index (χ4v) is 4.27. The fraction of sp³-hybridized carbons (Fsp3) is 0.600. The Labute approximate surface area is 132 Å². The van der Waals surface area contributed by atoms with E-state index in [4.69, 9.17) is 15.2 Å². The van der Waals surface area contributed by atoms with Crippen LogP contribution in [-0.4, -0.2) is 51.7 Å². The molecule has 0 radical (unpaired) electrons. The standard InChI is InChI=1S/C15H24N2O4S/c1-2-20-10-11-21-14-5-7-15(8-6-14)22(18,19)17-9-3-4-13(17)12-16/h5-8,13H,2-4,9-12,16H2,1H3.